The SMILES string of the molecule is Cc1ccccc1-c1ccc(C=CC(C)F)cc1. The molecule has 0 nitrogen and oxygen atoms in total. The lowest BCUT2D eigenvalue weighted by atomic mass is 9.99. The number of aryl methyl sites for hydroxylation is 1. The van der Waals surface area contributed by atoms with Gasteiger partial charge in [-0.2, -0.15) is 0 Å². The van der Waals surface area contributed by atoms with E-state index in [2.05, 4.69) is 31.2 Å². The van der Waals surface area contributed by atoms with Gasteiger partial charge in [-0.25, -0.2) is 4.39 Å². The Kier molecular flexibility index (Phi) is 3.93. The van der Waals surface area contributed by atoms with Crippen LogP contribution in [0.25, 0.3) is 17.2 Å². The van der Waals surface area contributed by atoms with Crippen molar-refractivity contribution in [1.82, 2.24) is 0 Å². The Morgan fingerprint density at radius 2 is 1.67 bits per heavy atom. The van der Waals surface area contributed by atoms with Gasteiger partial charge in [-0.15, -0.1) is 0 Å². The first kappa shape index (κ1) is 12.6. The second-order valence-electron chi connectivity index (χ2n) is 4.47. The molecule has 2 aromatic rings. The standard InChI is InChI=1S/C17H17F/c1-13-5-3-4-6-17(13)16-11-9-15(10-12-16)8-7-14(2)18/h3-12,14H,1-2H3. The molecule has 0 fully saturated rings. The summed E-state index contributed by atoms with van der Waals surface area (Å²) < 4.78 is 12.7. The zero-order valence-electron chi connectivity index (χ0n) is 10.7. The lowest BCUT2D eigenvalue weighted by Crippen LogP contribution is -1.84. The van der Waals surface area contributed by atoms with E-state index in [1.165, 1.54) is 23.6 Å². The molecule has 18 heavy (non-hydrogen) atoms. The highest BCUT2D eigenvalue weighted by Crippen LogP contribution is 2.23. The molecule has 0 aliphatic carbocycles. The zero-order valence-corrected chi connectivity index (χ0v) is 10.7. The molecule has 2 aromatic carbocycles. The summed E-state index contributed by atoms with van der Waals surface area (Å²) in [5, 5.41) is 0. The van der Waals surface area contributed by atoms with Crippen LogP contribution in [0.2, 0.25) is 0 Å². The van der Waals surface area contributed by atoms with Crippen LogP contribution in [0.15, 0.2) is 54.6 Å². The number of allylic oxidation sites excluding steroid dienone is 1. The summed E-state index contributed by atoms with van der Waals surface area (Å²) in [7, 11) is 0. The van der Waals surface area contributed by atoms with E-state index in [0.717, 1.165) is 5.56 Å². The summed E-state index contributed by atoms with van der Waals surface area (Å²) in [5.74, 6) is 0. The van der Waals surface area contributed by atoms with Gasteiger partial charge in [0.05, 0.1) is 0 Å². The molecule has 1 atom stereocenters. The van der Waals surface area contributed by atoms with Crippen molar-refractivity contribution in [3.8, 4) is 11.1 Å². The van der Waals surface area contributed by atoms with Crippen molar-refractivity contribution < 1.29 is 4.39 Å². The summed E-state index contributed by atoms with van der Waals surface area (Å²) in [5.41, 5.74) is 4.72. The first-order valence-electron chi connectivity index (χ1n) is 6.15. The third kappa shape index (κ3) is 3.07. The number of hydrogen-bond acceptors (Lipinski definition) is 0. The Hall–Kier alpha value is -1.89. The fourth-order valence-electron chi connectivity index (χ4n) is 1.91. The first-order valence-corrected chi connectivity index (χ1v) is 6.15. The summed E-state index contributed by atoms with van der Waals surface area (Å²) in [4.78, 5) is 0. The van der Waals surface area contributed by atoms with E-state index in [1.807, 2.05) is 30.3 Å². The molecular weight excluding hydrogens is 223 g/mol. The van der Waals surface area contributed by atoms with Crippen LogP contribution in [0.1, 0.15) is 18.1 Å². The number of rotatable bonds is 3. The topological polar surface area (TPSA) is 0 Å². The van der Waals surface area contributed by atoms with Crippen LogP contribution in [0.3, 0.4) is 0 Å². The Morgan fingerprint density at radius 1 is 1.00 bits per heavy atom. The van der Waals surface area contributed by atoms with E-state index < -0.39 is 6.17 Å². The van der Waals surface area contributed by atoms with Crippen molar-refractivity contribution in [2.24, 2.45) is 0 Å². The van der Waals surface area contributed by atoms with Gasteiger partial charge in [-0.05, 0) is 36.1 Å². The Labute approximate surface area is 108 Å². The average molecular weight is 240 g/mol. The summed E-state index contributed by atoms with van der Waals surface area (Å²) in [6.07, 6.45) is 2.47. The molecule has 0 aromatic heterocycles. The maximum Gasteiger partial charge on any atom is 0.116 e. The molecule has 0 aliphatic rings. The molecule has 0 N–H and O–H groups in total. The van der Waals surface area contributed by atoms with Gasteiger partial charge in [0.25, 0.3) is 0 Å². The van der Waals surface area contributed by atoms with Crippen molar-refractivity contribution in [1.29, 1.82) is 0 Å². The highest BCUT2D eigenvalue weighted by molar-refractivity contribution is 5.68. The monoisotopic (exact) mass is 240 g/mol. The third-order valence-electron chi connectivity index (χ3n) is 2.92. The highest BCUT2D eigenvalue weighted by atomic mass is 19.1. The molecule has 0 saturated heterocycles. The molecule has 92 valence electrons. The lowest BCUT2D eigenvalue weighted by Gasteiger charge is -2.05. The van der Waals surface area contributed by atoms with Gasteiger partial charge in [0.1, 0.15) is 6.17 Å². The van der Waals surface area contributed by atoms with Crippen molar-refractivity contribution in [3.05, 3.63) is 65.7 Å². The molecule has 0 aliphatic heterocycles. The highest BCUT2D eigenvalue weighted by Gasteiger charge is 2.00. The normalized spacial score (nSPS) is 12.8. The number of alkyl halides is 1. The van der Waals surface area contributed by atoms with Crippen LogP contribution in [0.4, 0.5) is 4.39 Å². The summed E-state index contributed by atoms with van der Waals surface area (Å²) >= 11 is 0. The van der Waals surface area contributed by atoms with E-state index in [-0.39, 0.29) is 0 Å². The van der Waals surface area contributed by atoms with Crippen LogP contribution in [-0.4, -0.2) is 6.17 Å². The van der Waals surface area contributed by atoms with E-state index in [9.17, 15) is 4.39 Å². The second kappa shape index (κ2) is 5.63. The molecule has 0 saturated carbocycles. The van der Waals surface area contributed by atoms with E-state index >= 15 is 0 Å². The minimum absolute atomic E-state index is 0.902. The largest absolute Gasteiger partial charge is 0.243 e. The minimum Gasteiger partial charge on any atom is -0.243 e. The van der Waals surface area contributed by atoms with Crippen LogP contribution in [-0.2, 0) is 0 Å². The van der Waals surface area contributed by atoms with Crippen LogP contribution < -0.4 is 0 Å². The predicted molar refractivity (Wildman–Crippen MR) is 76.2 cm³/mol. The van der Waals surface area contributed by atoms with Gasteiger partial charge in [0.15, 0.2) is 0 Å². The van der Waals surface area contributed by atoms with Gasteiger partial charge in [0, 0.05) is 0 Å². The number of benzene rings is 2. The van der Waals surface area contributed by atoms with Gasteiger partial charge in [0.2, 0.25) is 0 Å². The quantitative estimate of drug-likeness (QED) is 0.705. The number of halogens is 1. The third-order valence-corrected chi connectivity index (χ3v) is 2.92. The molecule has 0 spiro atoms. The molecule has 0 bridgehead atoms. The van der Waals surface area contributed by atoms with Crippen LogP contribution >= 0.6 is 0 Å². The van der Waals surface area contributed by atoms with Crippen LogP contribution in [0, 0.1) is 6.92 Å². The minimum atomic E-state index is -0.902. The fraction of sp³-hybridized carbons (Fsp3) is 0.176. The Bertz CT molecular complexity index is 536. The lowest BCUT2D eigenvalue weighted by molar-refractivity contribution is 0.432. The van der Waals surface area contributed by atoms with E-state index in [4.69, 9.17) is 0 Å². The van der Waals surface area contributed by atoms with Crippen molar-refractivity contribution >= 4 is 6.08 Å². The molecule has 0 radical (unpaired) electrons. The molecule has 1 heteroatoms. The zero-order chi connectivity index (χ0) is 13.0. The number of hydrogen-bond donors (Lipinski definition) is 0. The van der Waals surface area contributed by atoms with E-state index in [1.54, 1.807) is 6.08 Å². The summed E-state index contributed by atoms with van der Waals surface area (Å²) in [6, 6.07) is 16.5. The maximum atomic E-state index is 12.7. The smallest absolute Gasteiger partial charge is 0.116 e. The van der Waals surface area contributed by atoms with Crippen molar-refractivity contribution in [2.45, 2.75) is 20.0 Å². The summed E-state index contributed by atoms with van der Waals surface area (Å²) in [6.45, 7) is 3.63. The van der Waals surface area contributed by atoms with Gasteiger partial charge in [-0.3, -0.25) is 0 Å². The molecule has 2 rings (SSSR count). The van der Waals surface area contributed by atoms with Gasteiger partial charge in [-0.1, -0.05) is 60.7 Å². The Morgan fingerprint density at radius 3 is 2.28 bits per heavy atom. The van der Waals surface area contributed by atoms with Crippen molar-refractivity contribution in [2.75, 3.05) is 0 Å². The predicted octanol–water partition coefficient (Wildman–Crippen LogP) is 5.03. The molecular formula is C17H17F. The van der Waals surface area contributed by atoms with E-state index in [0.29, 0.717) is 0 Å². The fourth-order valence-corrected chi connectivity index (χ4v) is 1.91. The van der Waals surface area contributed by atoms with Gasteiger partial charge >= 0.3 is 0 Å². The molecule has 0 amide bonds. The molecule has 1 unspecified atom stereocenters. The second-order valence-corrected chi connectivity index (χ2v) is 4.47. The molecule has 0 heterocycles. The first-order chi connectivity index (χ1) is 8.66. The van der Waals surface area contributed by atoms with Gasteiger partial charge < -0.3 is 0 Å². The Balaban J connectivity index is 2.25. The maximum absolute atomic E-state index is 12.7. The van der Waals surface area contributed by atoms with Crippen LogP contribution in [0.5, 0.6) is 0 Å². The average Bonchev–Trinajstić information content (AvgIpc) is 2.38. The van der Waals surface area contributed by atoms with Crippen molar-refractivity contribution in [3.63, 3.8) is 0 Å².